The Bertz CT molecular complexity index is 1600. The fourth-order valence-corrected chi connectivity index (χ4v) is 8.80. The van der Waals surface area contributed by atoms with E-state index in [1.807, 2.05) is 42.6 Å². The SMILES string of the molecule is COc1ccccc1-c1ccccc1N=Cc1cc(C(C)(C)c2ccccc2)cc(C23CC4CC(CC(C4)C2)C3)c1O. The molecule has 4 saturated carbocycles. The van der Waals surface area contributed by atoms with Crippen LogP contribution in [0.3, 0.4) is 0 Å². The van der Waals surface area contributed by atoms with E-state index in [1.54, 1.807) is 7.11 Å². The second kappa shape index (κ2) is 10.5. The number of ether oxygens (including phenoxy) is 1. The van der Waals surface area contributed by atoms with Gasteiger partial charge in [0.1, 0.15) is 11.5 Å². The van der Waals surface area contributed by atoms with Crippen LogP contribution in [0.25, 0.3) is 11.1 Å². The minimum Gasteiger partial charge on any atom is -0.507 e. The molecule has 1 N–H and O–H groups in total. The molecule has 0 spiro atoms. The van der Waals surface area contributed by atoms with Crippen LogP contribution < -0.4 is 4.74 Å². The summed E-state index contributed by atoms with van der Waals surface area (Å²) in [6, 6.07) is 31.5. The van der Waals surface area contributed by atoms with Crippen LogP contribution in [0.4, 0.5) is 5.69 Å². The van der Waals surface area contributed by atoms with Crippen molar-refractivity contribution in [1.29, 1.82) is 0 Å². The highest BCUT2D eigenvalue weighted by Crippen LogP contribution is 2.62. The number of para-hydroxylation sites is 2. The zero-order chi connectivity index (χ0) is 28.9. The summed E-state index contributed by atoms with van der Waals surface area (Å²) < 4.78 is 5.67. The molecular formula is C39H41NO2. The average Bonchev–Trinajstić information content (AvgIpc) is 3.00. The van der Waals surface area contributed by atoms with Gasteiger partial charge in [0.25, 0.3) is 0 Å². The van der Waals surface area contributed by atoms with Gasteiger partial charge >= 0.3 is 0 Å². The van der Waals surface area contributed by atoms with E-state index in [9.17, 15) is 5.11 Å². The number of phenolic OH excluding ortho intramolecular Hbond substituents is 1. The molecule has 0 unspecified atom stereocenters. The summed E-state index contributed by atoms with van der Waals surface area (Å²) >= 11 is 0. The molecule has 42 heavy (non-hydrogen) atoms. The first-order valence-corrected chi connectivity index (χ1v) is 15.6. The van der Waals surface area contributed by atoms with Gasteiger partial charge < -0.3 is 9.84 Å². The van der Waals surface area contributed by atoms with Crippen molar-refractivity contribution in [2.24, 2.45) is 22.7 Å². The highest BCUT2D eigenvalue weighted by atomic mass is 16.5. The van der Waals surface area contributed by atoms with Crippen molar-refractivity contribution in [3.63, 3.8) is 0 Å². The van der Waals surface area contributed by atoms with Crippen molar-refractivity contribution in [2.45, 2.75) is 63.2 Å². The number of hydrogen-bond acceptors (Lipinski definition) is 3. The zero-order valence-electron chi connectivity index (χ0n) is 25.0. The summed E-state index contributed by atoms with van der Waals surface area (Å²) in [6.07, 6.45) is 9.63. The second-order valence-corrected chi connectivity index (χ2v) is 13.6. The number of aliphatic imine (C=N–C) groups is 1. The molecular weight excluding hydrogens is 514 g/mol. The van der Waals surface area contributed by atoms with E-state index in [0.29, 0.717) is 5.75 Å². The number of methoxy groups -OCH3 is 1. The molecule has 3 heteroatoms. The number of benzene rings is 4. The van der Waals surface area contributed by atoms with E-state index in [1.165, 1.54) is 49.7 Å². The minimum atomic E-state index is -0.218. The van der Waals surface area contributed by atoms with Gasteiger partial charge in [-0.05, 0) is 91.0 Å². The van der Waals surface area contributed by atoms with Crippen LogP contribution in [0, 0.1) is 17.8 Å². The lowest BCUT2D eigenvalue weighted by Gasteiger charge is -2.57. The molecule has 0 atom stereocenters. The summed E-state index contributed by atoms with van der Waals surface area (Å²) in [5, 5.41) is 12.0. The Hall–Kier alpha value is -3.85. The van der Waals surface area contributed by atoms with Crippen molar-refractivity contribution in [1.82, 2.24) is 0 Å². The molecule has 0 radical (unpaired) electrons. The third-order valence-corrected chi connectivity index (χ3v) is 10.6. The summed E-state index contributed by atoms with van der Waals surface area (Å²) in [7, 11) is 1.70. The highest BCUT2D eigenvalue weighted by Gasteiger charge is 2.52. The van der Waals surface area contributed by atoms with Gasteiger partial charge in [-0.1, -0.05) is 86.6 Å². The van der Waals surface area contributed by atoms with Crippen LogP contribution >= 0.6 is 0 Å². The number of rotatable bonds is 7. The van der Waals surface area contributed by atoms with Gasteiger partial charge in [0.05, 0.1) is 12.8 Å². The highest BCUT2D eigenvalue weighted by molar-refractivity contribution is 5.90. The Morgan fingerprint density at radius 1 is 0.762 bits per heavy atom. The van der Waals surface area contributed by atoms with Crippen LogP contribution in [-0.2, 0) is 10.8 Å². The number of phenols is 1. The monoisotopic (exact) mass is 555 g/mol. The molecule has 0 amide bonds. The van der Waals surface area contributed by atoms with E-state index < -0.39 is 0 Å². The first-order valence-electron chi connectivity index (χ1n) is 15.6. The molecule has 0 aromatic heterocycles. The lowest BCUT2D eigenvalue weighted by Crippen LogP contribution is -2.48. The van der Waals surface area contributed by atoms with E-state index in [4.69, 9.17) is 9.73 Å². The lowest BCUT2D eigenvalue weighted by atomic mass is 9.47. The van der Waals surface area contributed by atoms with Gasteiger partial charge in [-0.25, -0.2) is 0 Å². The van der Waals surface area contributed by atoms with Gasteiger partial charge in [-0.3, -0.25) is 4.99 Å². The van der Waals surface area contributed by atoms with Crippen molar-refractivity contribution >= 4 is 11.9 Å². The largest absolute Gasteiger partial charge is 0.507 e. The first-order chi connectivity index (χ1) is 20.4. The van der Waals surface area contributed by atoms with Gasteiger partial charge in [0.2, 0.25) is 0 Å². The van der Waals surface area contributed by atoms with Crippen LogP contribution in [0.5, 0.6) is 11.5 Å². The van der Waals surface area contributed by atoms with Gasteiger partial charge in [0.15, 0.2) is 0 Å². The predicted octanol–water partition coefficient (Wildman–Crippen LogP) is 9.61. The Morgan fingerprint density at radius 2 is 1.36 bits per heavy atom. The Morgan fingerprint density at radius 3 is 2.02 bits per heavy atom. The molecule has 4 fully saturated rings. The molecule has 3 nitrogen and oxygen atoms in total. The topological polar surface area (TPSA) is 41.8 Å². The van der Waals surface area contributed by atoms with Crippen LogP contribution in [0.2, 0.25) is 0 Å². The van der Waals surface area contributed by atoms with E-state index in [2.05, 4.69) is 68.4 Å². The molecule has 4 aromatic carbocycles. The Kier molecular flexibility index (Phi) is 6.72. The van der Waals surface area contributed by atoms with Crippen LogP contribution in [0.15, 0.2) is 96.0 Å². The zero-order valence-corrected chi connectivity index (χ0v) is 25.0. The normalized spacial score (nSPS) is 24.8. The molecule has 4 aliphatic rings. The van der Waals surface area contributed by atoms with E-state index in [-0.39, 0.29) is 10.8 Å². The van der Waals surface area contributed by atoms with Gasteiger partial charge in [-0.2, -0.15) is 0 Å². The van der Waals surface area contributed by atoms with Gasteiger partial charge in [0, 0.05) is 33.9 Å². The van der Waals surface area contributed by atoms with Crippen molar-refractivity contribution in [2.75, 3.05) is 7.11 Å². The molecule has 4 aromatic rings. The lowest BCUT2D eigenvalue weighted by molar-refractivity contribution is -0.00619. The maximum absolute atomic E-state index is 12.0. The van der Waals surface area contributed by atoms with Crippen LogP contribution in [0.1, 0.15) is 74.6 Å². The smallest absolute Gasteiger partial charge is 0.128 e. The standard InChI is InChI=1S/C39H41NO2/c1-38(2,30-11-5-4-6-12-30)31-20-29(25-40-35-15-9-7-13-32(35)33-14-8-10-16-36(33)42-3)37(41)34(21-31)39-22-26-17-27(23-39)19-28(18-26)24-39/h4-16,20-21,25-28,41H,17-19,22-24H2,1-3H3. The summed E-state index contributed by atoms with van der Waals surface area (Å²) in [5.41, 5.74) is 7.18. The average molecular weight is 556 g/mol. The summed E-state index contributed by atoms with van der Waals surface area (Å²) in [5.74, 6) is 3.63. The number of aromatic hydroxyl groups is 1. The number of nitrogens with zero attached hydrogens (tertiary/aromatic N) is 1. The maximum atomic E-state index is 12.0. The fourth-order valence-electron chi connectivity index (χ4n) is 8.80. The summed E-state index contributed by atoms with van der Waals surface area (Å²) in [6.45, 7) is 4.60. The van der Waals surface area contributed by atoms with Crippen LogP contribution in [-0.4, -0.2) is 18.4 Å². The summed E-state index contributed by atoms with van der Waals surface area (Å²) in [4.78, 5) is 5.03. The molecule has 0 aliphatic heterocycles. The maximum Gasteiger partial charge on any atom is 0.128 e. The Labute approximate surface area is 250 Å². The Balaban J connectivity index is 1.36. The van der Waals surface area contributed by atoms with Crippen molar-refractivity contribution in [3.8, 4) is 22.6 Å². The minimum absolute atomic E-state index is 0.0690. The predicted molar refractivity (Wildman–Crippen MR) is 172 cm³/mol. The first kappa shape index (κ1) is 27.0. The van der Waals surface area contributed by atoms with Gasteiger partial charge in [-0.15, -0.1) is 0 Å². The number of hydrogen-bond donors (Lipinski definition) is 1. The third kappa shape index (κ3) is 4.64. The quantitative estimate of drug-likeness (QED) is 0.231. The molecule has 4 bridgehead atoms. The molecule has 214 valence electrons. The molecule has 0 saturated heterocycles. The third-order valence-electron chi connectivity index (χ3n) is 10.6. The van der Waals surface area contributed by atoms with Crippen molar-refractivity contribution < 1.29 is 9.84 Å². The van der Waals surface area contributed by atoms with Crippen molar-refractivity contribution in [3.05, 3.63) is 113 Å². The fraction of sp³-hybridized carbons (Fsp3) is 0.359. The van der Waals surface area contributed by atoms with E-state index in [0.717, 1.165) is 51.4 Å². The molecule has 0 heterocycles. The molecule has 8 rings (SSSR count). The van der Waals surface area contributed by atoms with E-state index >= 15 is 0 Å². The second-order valence-electron chi connectivity index (χ2n) is 13.6. The molecule has 4 aliphatic carbocycles.